The Balaban J connectivity index is 2.23. The molecule has 2 aromatic rings. The highest BCUT2D eigenvalue weighted by molar-refractivity contribution is 7.99. The van der Waals surface area contributed by atoms with Gasteiger partial charge in [-0.15, -0.1) is 0 Å². The number of para-hydroxylation sites is 1. The van der Waals surface area contributed by atoms with Crippen molar-refractivity contribution >= 4 is 29.1 Å². The van der Waals surface area contributed by atoms with Crippen LogP contribution in [0.3, 0.4) is 0 Å². The van der Waals surface area contributed by atoms with E-state index in [0.29, 0.717) is 0 Å². The van der Waals surface area contributed by atoms with Crippen LogP contribution in [0, 0.1) is 0 Å². The van der Waals surface area contributed by atoms with Gasteiger partial charge < -0.3 is 5.32 Å². The third-order valence-electron chi connectivity index (χ3n) is 2.20. The lowest BCUT2D eigenvalue weighted by atomic mass is 10.3. The van der Waals surface area contributed by atoms with Gasteiger partial charge in [-0.2, -0.15) is 0 Å². The van der Waals surface area contributed by atoms with Gasteiger partial charge in [-0.05, 0) is 36.4 Å². The van der Waals surface area contributed by atoms with Crippen LogP contribution < -0.4 is 5.32 Å². The van der Waals surface area contributed by atoms with Crippen molar-refractivity contribution in [2.24, 2.45) is 0 Å². The number of hydrogen-bond donors (Lipinski definition) is 1. The predicted octanol–water partition coefficient (Wildman–Crippen LogP) is 4.53. The average molecular weight is 250 g/mol. The van der Waals surface area contributed by atoms with Crippen LogP contribution >= 0.6 is 23.4 Å². The Morgan fingerprint density at radius 1 is 1.00 bits per heavy atom. The summed E-state index contributed by atoms with van der Waals surface area (Å²) in [7, 11) is 1.93. The molecule has 0 aliphatic carbocycles. The molecule has 0 spiro atoms. The first-order chi connectivity index (χ1) is 7.79. The van der Waals surface area contributed by atoms with Crippen LogP contribution in [-0.4, -0.2) is 7.05 Å². The minimum absolute atomic E-state index is 0.770. The van der Waals surface area contributed by atoms with Gasteiger partial charge >= 0.3 is 0 Å². The Morgan fingerprint density at radius 3 is 2.38 bits per heavy atom. The summed E-state index contributed by atoms with van der Waals surface area (Å²) in [6.45, 7) is 0. The highest BCUT2D eigenvalue weighted by Gasteiger charge is 2.01. The fourth-order valence-corrected chi connectivity index (χ4v) is 2.47. The van der Waals surface area contributed by atoms with E-state index in [1.807, 2.05) is 43.4 Å². The third-order valence-corrected chi connectivity index (χ3v) is 3.53. The zero-order valence-electron chi connectivity index (χ0n) is 8.91. The van der Waals surface area contributed by atoms with Gasteiger partial charge in [-0.1, -0.05) is 35.5 Å². The van der Waals surface area contributed by atoms with Crippen LogP contribution in [0.4, 0.5) is 5.69 Å². The molecule has 0 heterocycles. The van der Waals surface area contributed by atoms with E-state index in [-0.39, 0.29) is 0 Å². The Labute approximate surface area is 105 Å². The maximum absolute atomic E-state index is 5.85. The summed E-state index contributed by atoms with van der Waals surface area (Å²) in [6, 6.07) is 16.1. The molecule has 0 saturated carbocycles. The molecule has 2 aromatic carbocycles. The fourth-order valence-electron chi connectivity index (χ4n) is 1.39. The molecule has 0 atom stereocenters. The van der Waals surface area contributed by atoms with Crippen molar-refractivity contribution in [2.75, 3.05) is 12.4 Å². The first-order valence-electron chi connectivity index (χ1n) is 5.00. The molecular weight excluding hydrogens is 238 g/mol. The van der Waals surface area contributed by atoms with Gasteiger partial charge in [0.05, 0.1) is 0 Å². The second-order valence-corrected chi connectivity index (χ2v) is 4.85. The van der Waals surface area contributed by atoms with Crippen LogP contribution in [-0.2, 0) is 0 Å². The van der Waals surface area contributed by atoms with Crippen molar-refractivity contribution in [3.05, 3.63) is 53.6 Å². The predicted molar refractivity (Wildman–Crippen MR) is 71.6 cm³/mol. The Bertz CT molecular complexity index is 468. The number of rotatable bonds is 3. The minimum atomic E-state index is 0.770. The van der Waals surface area contributed by atoms with Gasteiger partial charge in [0.25, 0.3) is 0 Å². The van der Waals surface area contributed by atoms with Crippen molar-refractivity contribution in [3.63, 3.8) is 0 Å². The second-order valence-electron chi connectivity index (χ2n) is 3.30. The highest BCUT2D eigenvalue weighted by atomic mass is 35.5. The van der Waals surface area contributed by atoms with E-state index >= 15 is 0 Å². The first-order valence-corrected chi connectivity index (χ1v) is 6.19. The molecular formula is C13H12ClNS. The lowest BCUT2D eigenvalue weighted by molar-refractivity contribution is 1.36. The SMILES string of the molecule is CNc1ccccc1Sc1ccc(Cl)cc1. The van der Waals surface area contributed by atoms with Gasteiger partial charge in [-0.3, -0.25) is 0 Å². The molecule has 0 aromatic heterocycles. The molecule has 1 nitrogen and oxygen atoms in total. The van der Waals surface area contributed by atoms with E-state index in [1.165, 1.54) is 9.79 Å². The lowest BCUT2D eigenvalue weighted by Crippen LogP contribution is -1.89. The molecule has 3 heteroatoms. The smallest absolute Gasteiger partial charge is 0.0479 e. The first kappa shape index (κ1) is 11.4. The molecule has 0 fully saturated rings. The second kappa shape index (κ2) is 5.28. The zero-order chi connectivity index (χ0) is 11.4. The molecule has 0 bridgehead atoms. The number of nitrogens with one attached hydrogen (secondary N) is 1. The maximum Gasteiger partial charge on any atom is 0.0479 e. The number of benzene rings is 2. The largest absolute Gasteiger partial charge is 0.387 e. The maximum atomic E-state index is 5.85. The van der Waals surface area contributed by atoms with Crippen LogP contribution in [0.25, 0.3) is 0 Å². The van der Waals surface area contributed by atoms with Gasteiger partial charge in [0, 0.05) is 27.5 Å². The topological polar surface area (TPSA) is 12.0 Å². The summed E-state index contributed by atoms with van der Waals surface area (Å²) >= 11 is 7.58. The molecule has 0 saturated heterocycles. The van der Waals surface area contributed by atoms with Gasteiger partial charge in [-0.25, -0.2) is 0 Å². The van der Waals surface area contributed by atoms with Crippen LogP contribution in [0.5, 0.6) is 0 Å². The van der Waals surface area contributed by atoms with E-state index in [9.17, 15) is 0 Å². The van der Waals surface area contributed by atoms with Gasteiger partial charge in [0.1, 0.15) is 0 Å². The van der Waals surface area contributed by atoms with Crippen LogP contribution in [0.1, 0.15) is 0 Å². The van der Waals surface area contributed by atoms with E-state index in [0.717, 1.165) is 10.7 Å². The molecule has 0 unspecified atom stereocenters. The number of anilines is 1. The zero-order valence-corrected chi connectivity index (χ0v) is 10.5. The summed E-state index contributed by atoms with van der Waals surface area (Å²) in [6.07, 6.45) is 0. The van der Waals surface area contributed by atoms with E-state index < -0.39 is 0 Å². The van der Waals surface area contributed by atoms with Gasteiger partial charge in [0.2, 0.25) is 0 Å². The third kappa shape index (κ3) is 2.71. The standard InChI is InChI=1S/C13H12ClNS/c1-15-12-4-2-3-5-13(12)16-11-8-6-10(14)7-9-11/h2-9,15H,1H3. The summed E-state index contributed by atoms with van der Waals surface area (Å²) in [4.78, 5) is 2.40. The summed E-state index contributed by atoms with van der Waals surface area (Å²) in [5.74, 6) is 0. The molecule has 0 aliphatic rings. The molecule has 82 valence electrons. The molecule has 2 rings (SSSR count). The summed E-state index contributed by atoms with van der Waals surface area (Å²) < 4.78 is 0. The van der Waals surface area contributed by atoms with Crippen LogP contribution in [0.15, 0.2) is 58.3 Å². The number of hydrogen-bond acceptors (Lipinski definition) is 2. The van der Waals surface area contributed by atoms with Crippen LogP contribution in [0.2, 0.25) is 5.02 Å². The minimum Gasteiger partial charge on any atom is -0.387 e. The van der Waals surface area contributed by atoms with Gasteiger partial charge in [0.15, 0.2) is 0 Å². The monoisotopic (exact) mass is 249 g/mol. The molecule has 16 heavy (non-hydrogen) atoms. The molecule has 1 N–H and O–H groups in total. The fraction of sp³-hybridized carbons (Fsp3) is 0.0769. The highest BCUT2D eigenvalue weighted by Crippen LogP contribution is 2.33. The van der Waals surface area contributed by atoms with Crippen molar-refractivity contribution in [1.29, 1.82) is 0 Å². The summed E-state index contributed by atoms with van der Waals surface area (Å²) in [5, 5.41) is 3.95. The van der Waals surface area contributed by atoms with Crippen molar-refractivity contribution in [1.82, 2.24) is 0 Å². The van der Waals surface area contributed by atoms with E-state index in [4.69, 9.17) is 11.6 Å². The Kier molecular flexibility index (Phi) is 3.75. The molecule has 0 radical (unpaired) electrons. The summed E-state index contributed by atoms with van der Waals surface area (Å²) in [5.41, 5.74) is 1.14. The number of halogens is 1. The van der Waals surface area contributed by atoms with E-state index in [1.54, 1.807) is 11.8 Å². The molecule has 0 amide bonds. The van der Waals surface area contributed by atoms with Crippen molar-refractivity contribution < 1.29 is 0 Å². The van der Waals surface area contributed by atoms with E-state index in [2.05, 4.69) is 17.4 Å². The quantitative estimate of drug-likeness (QED) is 0.858. The molecule has 0 aliphatic heterocycles. The normalized spacial score (nSPS) is 10.1. The van der Waals surface area contributed by atoms with Crippen molar-refractivity contribution in [2.45, 2.75) is 9.79 Å². The Hall–Kier alpha value is -1.12. The van der Waals surface area contributed by atoms with Crippen molar-refractivity contribution in [3.8, 4) is 0 Å². The lowest BCUT2D eigenvalue weighted by Gasteiger charge is -2.08. The Morgan fingerprint density at radius 2 is 1.69 bits per heavy atom. The average Bonchev–Trinajstić information content (AvgIpc) is 2.33.